The number of H-pyrrole nitrogens is 1. The number of carbonyl (C=O) groups excluding carboxylic acids is 2. The maximum absolute atomic E-state index is 13.7. The van der Waals surface area contributed by atoms with Crippen molar-refractivity contribution >= 4 is 31.0 Å². The van der Waals surface area contributed by atoms with E-state index in [4.69, 9.17) is 4.43 Å². The molecule has 3 heterocycles. The Hall–Kier alpha value is -3.32. The standard InChI is InChI=1S/C27H31N3O3Si/c1-27(2,3)34(4,5)33-19-15-23(21-16-28-22-14-10-9-13-20(21)22)30-26(32)24(25(31)29(30)17-19)18-11-7-6-8-12-18/h6-16,23-24,28H,17H2,1-5H3/t23-,24?/m1/s1. The summed E-state index contributed by atoms with van der Waals surface area (Å²) in [5.74, 6) is -0.484. The van der Waals surface area contributed by atoms with E-state index in [9.17, 15) is 9.59 Å². The second-order valence-electron chi connectivity index (χ2n) is 10.7. The molecule has 34 heavy (non-hydrogen) atoms. The first-order valence-electron chi connectivity index (χ1n) is 11.7. The van der Waals surface area contributed by atoms with Gasteiger partial charge in [-0.3, -0.25) is 9.59 Å². The second kappa shape index (κ2) is 7.87. The van der Waals surface area contributed by atoms with Gasteiger partial charge < -0.3 is 9.41 Å². The first-order valence-corrected chi connectivity index (χ1v) is 14.6. The van der Waals surface area contributed by atoms with Crippen LogP contribution in [0.25, 0.3) is 10.9 Å². The molecule has 1 aromatic heterocycles. The van der Waals surface area contributed by atoms with Gasteiger partial charge in [0.25, 0.3) is 11.8 Å². The lowest BCUT2D eigenvalue weighted by Gasteiger charge is -2.42. The van der Waals surface area contributed by atoms with Gasteiger partial charge in [-0.05, 0) is 35.8 Å². The van der Waals surface area contributed by atoms with Gasteiger partial charge in [0.2, 0.25) is 8.32 Å². The normalized spacial score (nSPS) is 21.1. The first kappa shape index (κ1) is 22.5. The number of amides is 2. The molecule has 2 aliphatic rings. The molecule has 6 nitrogen and oxygen atoms in total. The summed E-state index contributed by atoms with van der Waals surface area (Å²) in [6, 6.07) is 16.9. The second-order valence-corrected chi connectivity index (χ2v) is 15.4. The van der Waals surface area contributed by atoms with Crippen LogP contribution >= 0.6 is 0 Å². The zero-order valence-corrected chi connectivity index (χ0v) is 21.3. The highest BCUT2D eigenvalue weighted by Crippen LogP contribution is 2.44. The van der Waals surface area contributed by atoms with E-state index in [1.54, 1.807) is 10.0 Å². The zero-order chi connectivity index (χ0) is 24.3. The van der Waals surface area contributed by atoms with Crippen LogP contribution in [0.4, 0.5) is 0 Å². The van der Waals surface area contributed by atoms with Gasteiger partial charge in [-0.1, -0.05) is 69.3 Å². The number of benzene rings is 2. The molecule has 2 amide bonds. The smallest absolute Gasteiger partial charge is 0.259 e. The number of para-hydroxylation sites is 1. The van der Waals surface area contributed by atoms with Gasteiger partial charge >= 0.3 is 0 Å². The lowest BCUT2D eigenvalue weighted by Crippen LogP contribution is -2.49. The molecule has 7 heteroatoms. The number of hydrazine groups is 1. The fraction of sp³-hybridized carbons (Fsp3) is 0.333. The Kier molecular flexibility index (Phi) is 5.20. The number of nitrogens with zero attached hydrogens (tertiary/aromatic N) is 2. The average molecular weight is 474 g/mol. The number of fused-ring (bicyclic) bond motifs is 2. The van der Waals surface area contributed by atoms with E-state index in [2.05, 4.69) is 38.8 Å². The number of hydrogen-bond donors (Lipinski definition) is 1. The van der Waals surface area contributed by atoms with Gasteiger partial charge in [0.15, 0.2) is 0 Å². The third kappa shape index (κ3) is 3.55. The van der Waals surface area contributed by atoms with Gasteiger partial charge in [-0.15, -0.1) is 0 Å². The van der Waals surface area contributed by atoms with Gasteiger partial charge in [0.05, 0.1) is 12.3 Å². The van der Waals surface area contributed by atoms with E-state index in [1.165, 1.54) is 0 Å². The minimum absolute atomic E-state index is 0.0126. The molecule has 0 spiro atoms. The molecule has 2 aromatic carbocycles. The first-order chi connectivity index (χ1) is 16.1. The van der Waals surface area contributed by atoms with Crippen molar-refractivity contribution in [2.24, 2.45) is 0 Å². The summed E-state index contributed by atoms with van der Waals surface area (Å²) in [5.41, 5.74) is 2.66. The van der Waals surface area contributed by atoms with Crippen LogP contribution in [0.1, 0.15) is 43.9 Å². The number of aromatic amines is 1. The van der Waals surface area contributed by atoms with Crippen molar-refractivity contribution in [3.63, 3.8) is 0 Å². The summed E-state index contributed by atoms with van der Waals surface area (Å²) in [5, 5.41) is 4.27. The molecule has 1 fully saturated rings. The van der Waals surface area contributed by atoms with Gasteiger partial charge in [-0.25, -0.2) is 10.0 Å². The van der Waals surface area contributed by atoms with Crippen molar-refractivity contribution in [2.45, 2.75) is 50.9 Å². The molecule has 1 unspecified atom stereocenters. The summed E-state index contributed by atoms with van der Waals surface area (Å²) in [6.07, 6.45) is 3.97. The van der Waals surface area contributed by atoms with Crippen molar-refractivity contribution < 1.29 is 14.0 Å². The molecular weight excluding hydrogens is 442 g/mol. The van der Waals surface area contributed by atoms with Crippen LogP contribution in [-0.2, 0) is 14.0 Å². The van der Waals surface area contributed by atoms with Gasteiger partial charge in [0, 0.05) is 22.7 Å². The summed E-state index contributed by atoms with van der Waals surface area (Å²) in [7, 11) is -2.14. The van der Waals surface area contributed by atoms with Crippen molar-refractivity contribution in [1.29, 1.82) is 0 Å². The van der Waals surface area contributed by atoms with Crippen LogP contribution in [0.3, 0.4) is 0 Å². The summed E-state index contributed by atoms with van der Waals surface area (Å²) in [4.78, 5) is 30.7. The molecule has 176 valence electrons. The molecule has 0 bridgehead atoms. The van der Waals surface area contributed by atoms with Crippen LogP contribution in [0.15, 0.2) is 72.6 Å². The Morgan fingerprint density at radius 2 is 1.65 bits per heavy atom. The largest absolute Gasteiger partial charge is 0.545 e. The predicted octanol–water partition coefficient (Wildman–Crippen LogP) is 5.50. The lowest BCUT2D eigenvalue weighted by atomic mass is 9.98. The molecule has 2 aliphatic heterocycles. The van der Waals surface area contributed by atoms with Gasteiger partial charge in [-0.2, -0.15) is 0 Å². The zero-order valence-electron chi connectivity index (χ0n) is 20.3. The van der Waals surface area contributed by atoms with Crippen molar-refractivity contribution in [3.8, 4) is 0 Å². The quantitative estimate of drug-likeness (QED) is 0.402. The molecular formula is C27H31N3O3Si. The van der Waals surface area contributed by atoms with Crippen LogP contribution in [0, 0.1) is 0 Å². The SMILES string of the molecule is CC(C)(C)[Si](C)(C)OC1=C[C@H](c2c[nH]c3ccccc23)N2C(=O)C(c3ccccc3)C(=O)N2C1. The van der Waals surface area contributed by atoms with E-state index in [1.807, 2.05) is 66.9 Å². The molecule has 0 radical (unpaired) electrons. The maximum atomic E-state index is 13.7. The van der Waals surface area contributed by atoms with Crippen LogP contribution in [0.5, 0.6) is 0 Å². The maximum Gasteiger partial charge on any atom is 0.259 e. The molecule has 3 aromatic rings. The third-order valence-electron chi connectivity index (χ3n) is 7.41. The highest BCUT2D eigenvalue weighted by Gasteiger charge is 2.52. The fourth-order valence-corrected chi connectivity index (χ4v) is 5.63. The van der Waals surface area contributed by atoms with E-state index < -0.39 is 20.3 Å². The Bertz CT molecular complexity index is 1290. The Balaban J connectivity index is 1.61. The van der Waals surface area contributed by atoms with E-state index >= 15 is 0 Å². The number of nitrogens with one attached hydrogen (secondary N) is 1. The minimum Gasteiger partial charge on any atom is -0.545 e. The molecule has 5 rings (SSSR count). The Labute approximate surface area is 201 Å². The van der Waals surface area contributed by atoms with Crippen LogP contribution in [0.2, 0.25) is 18.1 Å². The van der Waals surface area contributed by atoms with Crippen LogP contribution < -0.4 is 0 Å². The number of aromatic nitrogens is 1. The number of hydrogen-bond acceptors (Lipinski definition) is 3. The molecule has 0 aliphatic carbocycles. The van der Waals surface area contributed by atoms with Crippen molar-refractivity contribution in [2.75, 3.05) is 6.54 Å². The fourth-order valence-electron chi connectivity index (χ4n) is 4.54. The molecule has 0 saturated carbocycles. The molecule has 1 N–H and O–H groups in total. The number of carbonyl (C=O) groups is 2. The van der Waals surface area contributed by atoms with Crippen molar-refractivity contribution in [3.05, 3.63) is 83.8 Å². The monoisotopic (exact) mass is 473 g/mol. The highest BCUT2D eigenvalue weighted by molar-refractivity contribution is 6.74. The summed E-state index contributed by atoms with van der Waals surface area (Å²) >= 11 is 0. The Morgan fingerprint density at radius 3 is 2.35 bits per heavy atom. The van der Waals surface area contributed by atoms with Gasteiger partial charge in [0.1, 0.15) is 12.0 Å². The molecule has 1 saturated heterocycles. The van der Waals surface area contributed by atoms with Crippen molar-refractivity contribution in [1.82, 2.24) is 15.0 Å². The van der Waals surface area contributed by atoms with E-state index in [0.29, 0.717) is 0 Å². The Morgan fingerprint density at radius 1 is 0.971 bits per heavy atom. The minimum atomic E-state index is -2.14. The summed E-state index contributed by atoms with van der Waals surface area (Å²) in [6.45, 7) is 11.3. The van der Waals surface area contributed by atoms with Crippen LogP contribution in [-0.4, -0.2) is 41.7 Å². The predicted molar refractivity (Wildman–Crippen MR) is 135 cm³/mol. The van der Waals surface area contributed by atoms with E-state index in [-0.39, 0.29) is 23.4 Å². The number of rotatable bonds is 4. The topological polar surface area (TPSA) is 65.6 Å². The lowest BCUT2D eigenvalue weighted by molar-refractivity contribution is -0.151. The van der Waals surface area contributed by atoms with E-state index in [0.717, 1.165) is 27.8 Å². The highest BCUT2D eigenvalue weighted by atomic mass is 28.4. The molecule has 2 atom stereocenters. The third-order valence-corrected chi connectivity index (χ3v) is 11.8. The summed E-state index contributed by atoms with van der Waals surface area (Å²) < 4.78 is 6.67. The average Bonchev–Trinajstić information content (AvgIpc) is 3.32.